The maximum atomic E-state index is 12.6. The van der Waals surface area contributed by atoms with Crippen molar-refractivity contribution < 1.29 is 18.9 Å². The molecule has 1 aromatic carbocycles. The lowest BCUT2D eigenvalue weighted by molar-refractivity contribution is -0.134. The van der Waals surface area contributed by atoms with E-state index in [0.717, 1.165) is 5.56 Å². The first-order chi connectivity index (χ1) is 15.4. The second-order valence-corrected chi connectivity index (χ2v) is 8.20. The zero-order valence-electron chi connectivity index (χ0n) is 18.4. The number of hydrogen-bond acceptors (Lipinski definition) is 7. The molecule has 10 heteroatoms. The van der Waals surface area contributed by atoms with Crippen molar-refractivity contribution in [1.82, 2.24) is 29.7 Å². The van der Waals surface area contributed by atoms with Crippen LogP contribution >= 0.6 is 0 Å². The number of carbonyl (C=O) groups excluding carboxylic acids is 3. The summed E-state index contributed by atoms with van der Waals surface area (Å²) in [6.07, 6.45) is 0.797. The Morgan fingerprint density at radius 1 is 1.12 bits per heavy atom. The van der Waals surface area contributed by atoms with Crippen LogP contribution < -0.4 is 0 Å². The fraction of sp³-hybridized carbons (Fsp3) is 0.500. The lowest BCUT2D eigenvalue weighted by Crippen LogP contribution is -2.49. The molecular formula is C22H28N6O4. The van der Waals surface area contributed by atoms with Gasteiger partial charge in [-0.05, 0) is 13.3 Å². The second kappa shape index (κ2) is 9.47. The van der Waals surface area contributed by atoms with E-state index in [2.05, 4.69) is 15.0 Å². The van der Waals surface area contributed by atoms with E-state index in [1.165, 1.54) is 9.80 Å². The molecule has 1 aromatic heterocycles. The third-order valence-corrected chi connectivity index (χ3v) is 6.05. The molecule has 0 aliphatic carbocycles. The number of likely N-dealkylation sites (N-methyl/N-ethyl adjacent to an activating group) is 1. The largest absolute Gasteiger partial charge is 0.340 e. The Morgan fingerprint density at radius 3 is 2.50 bits per heavy atom. The SMILES string of the molecule is CC(c1nc(-c2ccccc2)no1)N1CCN(C(=O)CCCN2C(=O)CN(C)C2=O)CC1. The molecule has 0 bridgehead atoms. The highest BCUT2D eigenvalue weighted by atomic mass is 16.5. The summed E-state index contributed by atoms with van der Waals surface area (Å²) in [4.78, 5) is 47.5. The molecule has 32 heavy (non-hydrogen) atoms. The van der Waals surface area contributed by atoms with Crippen LogP contribution in [0, 0.1) is 0 Å². The number of rotatable bonds is 7. The van der Waals surface area contributed by atoms with Crippen molar-refractivity contribution in [3.05, 3.63) is 36.2 Å². The highest BCUT2D eigenvalue weighted by Crippen LogP contribution is 2.23. The number of carbonyl (C=O) groups is 3. The summed E-state index contributed by atoms with van der Waals surface area (Å²) in [6, 6.07) is 9.37. The standard InChI is InChI=1S/C22H28N6O4/c1-16(21-23-20(24-32-21)17-7-4-3-5-8-17)26-11-13-27(14-12-26)18(29)9-6-10-28-19(30)15-25(2)22(28)31/h3-5,7-8,16H,6,9-15H2,1-2H3. The summed E-state index contributed by atoms with van der Waals surface area (Å²) in [7, 11) is 1.60. The van der Waals surface area contributed by atoms with E-state index in [1.807, 2.05) is 42.2 Å². The highest BCUT2D eigenvalue weighted by Gasteiger charge is 2.33. The van der Waals surface area contributed by atoms with Crippen LogP contribution in [0.4, 0.5) is 4.79 Å². The van der Waals surface area contributed by atoms with Gasteiger partial charge >= 0.3 is 6.03 Å². The maximum absolute atomic E-state index is 12.6. The molecule has 2 saturated heterocycles. The van der Waals surface area contributed by atoms with Crippen LogP contribution in [0.1, 0.15) is 31.7 Å². The third kappa shape index (κ3) is 4.64. The Bertz CT molecular complexity index is 970. The number of nitrogens with zero attached hydrogens (tertiary/aromatic N) is 6. The maximum Gasteiger partial charge on any atom is 0.326 e. The van der Waals surface area contributed by atoms with Gasteiger partial charge < -0.3 is 14.3 Å². The predicted octanol–water partition coefficient (Wildman–Crippen LogP) is 1.62. The molecule has 3 heterocycles. The minimum absolute atomic E-state index is 0.0404. The van der Waals surface area contributed by atoms with E-state index < -0.39 is 0 Å². The van der Waals surface area contributed by atoms with E-state index in [1.54, 1.807) is 7.05 Å². The molecule has 0 spiro atoms. The topological polar surface area (TPSA) is 103 Å². The summed E-state index contributed by atoms with van der Waals surface area (Å²) in [5, 5.41) is 4.10. The Labute approximate surface area is 186 Å². The highest BCUT2D eigenvalue weighted by molar-refractivity contribution is 6.01. The average Bonchev–Trinajstić information content (AvgIpc) is 3.40. The smallest absolute Gasteiger partial charge is 0.326 e. The summed E-state index contributed by atoms with van der Waals surface area (Å²) in [5.41, 5.74) is 0.911. The van der Waals surface area contributed by atoms with Gasteiger partial charge in [-0.3, -0.25) is 19.4 Å². The molecule has 170 valence electrons. The van der Waals surface area contributed by atoms with Crippen molar-refractivity contribution in [1.29, 1.82) is 0 Å². The molecular weight excluding hydrogens is 412 g/mol. The fourth-order valence-corrected chi connectivity index (χ4v) is 4.06. The average molecular weight is 441 g/mol. The van der Waals surface area contributed by atoms with E-state index >= 15 is 0 Å². The molecule has 2 aliphatic heterocycles. The van der Waals surface area contributed by atoms with Gasteiger partial charge in [0.1, 0.15) is 6.54 Å². The van der Waals surface area contributed by atoms with Gasteiger partial charge in [0.05, 0.1) is 6.04 Å². The quantitative estimate of drug-likeness (QED) is 0.603. The summed E-state index contributed by atoms with van der Waals surface area (Å²) in [5.74, 6) is 0.980. The molecule has 0 N–H and O–H groups in total. The molecule has 0 radical (unpaired) electrons. The Balaban J connectivity index is 1.23. The first-order valence-corrected chi connectivity index (χ1v) is 10.9. The molecule has 1 unspecified atom stereocenters. The van der Waals surface area contributed by atoms with Crippen LogP contribution in [0.3, 0.4) is 0 Å². The van der Waals surface area contributed by atoms with Gasteiger partial charge in [0.2, 0.25) is 23.5 Å². The van der Waals surface area contributed by atoms with Gasteiger partial charge in [-0.1, -0.05) is 35.5 Å². The molecule has 4 amide bonds. The van der Waals surface area contributed by atoms with Crippen molar-refractivity contribution >= 4 is 17.8 Å². The van der Waals surface area contributed by atoms with Crippen LogP contribution in [-0.2, 0) is 9.59 Å². The number of piperazine rings is 1. The van der Waals surface area contributed by atoms with Gasteiger partial charge in [-0.25, -0.2) is 4.79 Å². The number of hydrogen-bond donors (Lipinski definition) is 0. The van der Waals surface area contributed by atoms with Crippen molar-refractivity contribution in [3.8, 4) is 11.4 Å². The summed E-state index contributed by atoms with van der Waals surface area (Å²) < 4.78 is 5.49. The molecule has 1 atom stereocenters. The molecule has 2 fully saturated rings. The molecule has 4 rings (SSSR count). The minimum Gasteiger partial charge on any atom is -0.340 e. The van der Waals surface area contributed by atoms with Gasteiger partial charge in [-0.15, -0.1) is 0 Å². The van der Waals surface area contributed by atoms with Crippen LogP contribution in [0.2, 0.25) is 0 Å². The minimum atomic E-state index is -0.290. The monoisotopic (exact) mass is 440 g/mol. The number of urea groups is 1. The lowest BCUT2D eigenvalue weighted by Gasteiger charge is -2.36. The molecule has 10 nitrogen and oxygen atoms in total. The van der Waals surface area contributed by atoms with Crippen molar-refractivity contribution in [3.63, 3.8) is 0 Å². The van der Waals surface area contributed by atoms with E-state index in [-0.39, 0.29) is 37.0 Å². The Hall–Kier alpha value is -3.27. The van der Waals surface area contributed by atoms with Gasteiger partial charge in [-0.2, -0.15) is 4.98 Å². The normalized spacial score (nSPS) is 18.5. The molecule has 0 saturated carbocycles. The van der Waals surface area contributed by atoms with Crippen LogP contribution in [-0.4, -0.2) is 93.9 Å². The van der Waals surface area contributed by atoms with Crippen LogP contribution in [0.5, 0.6) is 0 Å². The van der Waals surface area contributed by atoms with E-state index in [9.17, 15) is 14.4 Å². The van der Waals surface area contributed by atoms with Gasteiger partial charge in [0.25, 0.3) is 0 Å². The Morgan fingerprint density at radius 2 is 1.84 bits per heavy atom. The first-order valence-electron chi connectivity index (χ1n) is 10.9. The molecule has 2 aliphatic rings. The second-order valence-electron chi connectivity index (χ2n) is 8.20. The van der Waals surface area contributed by atoms with Crippen molar-refractivity contribution in [2.24, 2.45) is 0 Å². The first kappa shape index (κ1) is 21.9. The fourth-order valence-electron chi connectivity index (χ4n) is 4.06. The summed E-state index contributed by atoms with van der Waals surface area (Å²) in [6.45, 7) is 5.08. The Kier molecular flexibility index (Phi) is 6.50. The molecule has 2 aromatic rings. The van der Waals surface area contributed by atoms with Crippen molar-refractivity contribution in [2.75, 3.05) is 46.3 Å². The zero-order valence-corrected chi connectivity index (χ0v) is 18.4. The van der Waals surface area contributed by atoms with Gasteiger partial charge in [0.15, 0.2) is 0 Å². The number of imide groups is 1. The number of aromatic nitrogens is 2. The van der Waals surface area contributed by atoms with E-state index in [0.29, 0.717) is 50.7 Å². The van der Waals surface area contributed by atoms with Crippen LogP contribution in [0.15, 0.2) is 34.9 Å². The predicted molar refractivity (Wildman–Crippen MR) is 115 cm³/mol. The van der Waals surface area contributed by atoms with E-state index in [4.69, 9.17) is 4.52 Å². The number of benzene rings is 1. The lowest BCUT2D eigenvalue weighted by atomic mass is 10.2. The number of amides is 4. The van der Waals surface area contributed by atoms with Crippen LogP contribution in [0.25, 0.3) is 11.4 Å². The zero-order chi connectivity index (χ0) is 22.7. The summed E-state index contributed by atoms with van der Waals surface area (Å²) >= 11 is 0. The third-order valence-electron chi connectivity index (χ3n) is 6.05. The van der Waals surface area contributed by atoms with Crippen molar-refractivity contribution in [2.45, 2.75) is 25.8 Å². The van der Waals surface area contributed by atoms with Gasteiger partial charge in [0, 0.05) is 51.8 Å².